The van der Waals surface area contributed by atoms with Gasteiger partial charge in [0.25, 0.3) is 0 Å². The SMILES string of the molecule is CCNc1cc(NC2CCS(=O)(=O)CC2)nc(C)n1. The normalized spacial score (nSPS) is 19.1. The molecule has 1 fully saturated rings. The van der Waals surface area contributed by atoms with Crippen molar-refractivity contribution >= 4 is 21.5 Å². The van der Waals surface area contributed by atoms with Crippen molar-refractivity contribution < 1.29 is 8.42 Å². The van der Waals surface area contributed by atoms with Crippen LogP contribution in [0.25, 0.3) is 0 Å². The second-order valence-corrected chi connectivity index (χ2v) is 7.09. The molecule has 1 aromatic heterocycles. The number of rotatable bonds is 4. The third kappa shape index (κ3) is 4.05. The van der Waals surface area contributed by atoms with Gasteiger partial charge >= 0.3 is 0 Å². The monoisotopic (exact) mass is 284 g/mol. The molecule has 7 heteroatoms. The van der Waals surface area contributed by atoms with E-state index in [1.165, 1.54) is 0 Å². The van der Waals surface area contributed by atoms with Crippen molar-refractivity contribution in [3.63, 3.8) is 0 Å². The summed E-state index contributed by atoms with van der Waals surface area (Å²) in [5, 5.41) is 6.45. The molecule has 6 nitrogen and oxygen atoms in total. The molecular weight excluding hydrogens is 264 g/mol. The molecule has 0 atom stereocenters. The summed E-state index contributed by atoms with van der Waals surface area (Å²) < 4.78 is 22.8. The second kappa shape index (κ2) is 5.73. The Morgan fingerprint density at radius 1 is 1.26 bits per heavy atom. The van der Waals surface area contributed by atoms with Crippen LogP contribution < -0.4 is 10.6 Å². The molecule has 1 aliphatic heterocycles. The lowest BCUT2D eigenvalue weighted by Gasteiger charge is -2.23. The highest BCUT2D eigenvalue weighted by Gasteiger charge is 2.23. The van der Waals surface area contributed by atoms with Gasteiger partial charge in [0.2, 0.25) is 0 Å². The van der Waals surface area contributed by atoms with Crippen LogP contribution in [-0.2, 0) is 9.84 Å². The summed E-state index contributed by atoms with van der Waals surface area (Å²) in [6.07, 6.45) is 1.28. The lowest BCUT2D eigenvalue weighted by Crippen LogP contribution is -2.32. The first-order valence-corrected chi connectivity index (χ1v) is 8.37. The van der Waals surface area contributed by atoms with Crippen molar-refractivity contribution in [3.05, 3.63) is 11.9 Å². The van der Waals surface area contributed by atoms with Gasteiger partial charge in [0.15, 0.2) is 0 Å². The van der Waals surface area contributed by atoms with Gasteiger partial charge in [0.1, 0.15) is 27.3 Å². The fourth-order valence-electron chi connectivity index (χ4n) is 2.16. The molecule has 1 aliphatic rings. The quantitative estimate of drug-likeness (QED) is 0.864. The average molecular weight is 284 g/mol. The third-order valence-electron chi connectivity index (χ3n) is 3.10. The van der Waals surface area contributed by atoms with Gasteiger partial charge in [-0.3, -0.25) is 0 Å². The van der Waals surface area contributed by atoms with E-state index >= 15 is 0 Å². The lowest BCUT2D eigenvalue weighted by molar-refractivity contribution is 0.559. The molecule has 0 radical (unpaired) electrons. The topological polar surface area (TPSA) is 84.0 Å². The van der Waals surface area contributed by atoms with Crippen LogP contribution in [0.3, 0.4) is 0 Å². The van der Waals surface area contributed by atoms with Gasteiger partial charge in [-0.25, -0.2) is 18.4 Å². The summed E-state index contributed by atoms with van der Waals surface area (Å²) in [6.45, 7) is 4.66. The summed E-state index contributed by atoms with van der Waals surface area (Å²) in [6, 6.07) is 2.03. The summed E-state index contributed by atoms with van der Waals surface area (Å²) in [5.41, 5.74) is 0. The molecule has 1 aromatic rings. The third-order valence-corrected chi connectivity index (χ3v) is 4.82. The predicted octanol–water partition coefficient (Wildman–Crippen LogP) is 1.21. The maximum atomic E-state index is 11.4. The van der Waals surface area contributed by atoms with Crippen molar-refractivity contribution in [1.29, 1.82) is 0 Å². The molecule has 2 N–H and O–H groups in total. The van der Waals surface area contributed by atoms with Crippen LogP contribution in [0.15, 0.2) is 6.07 Å². The Hall–Kier alpha value is -1.37. The number of hydrogen-bond acceptors (Lipinski definition) is 6. The number of aromatic nitrogens is 2. The molecule has 1 saturated heterocycles. The molecule has 0 aliphatic carbocycles. The van der Waals surface area contributed by atoms with E-state index in [4.69, 9.17) is 0 Å². The number of sulfone groups is 1. The van der Waals surface area contributed by atoms with Gasteiger partial charge in [0.05, 0.1) is 11.5 Å². The van der Waals surface area contributed by atoms with Crippen LogP contribution in [0.5, 0.6) is 0 Å². The smallest absolute Gasteiger partial charge is 0.150 e. The van der Waals surface area contributed by atoms with Gasteiger partial charge in [0, 0.05) is 18.7 Å². The molecule has 19 heavy (non-hydrogen) atoms. The van der Waals surface area contributed by atoms with E-state index in [9.17, 15) is 8.42 Å². The Morgan fingerprint density at radius 3 is 2.53 bits per heavy atom. The fraction of sp³-hybridized carbons (Fsp3) is 0.667. The standard InChI is InChI=1S/C12H20N4O2S/c1-3-13-11-8-12(15-9(2)14-11)16-10-4-6-19(17,18)7-5-10/h8,10H,3-7H2,1-2H3,(H2,13,14,15,16). The molecule has 0 aromatic carbocycles. The van der Waals surface area contributed by atoms with Crippen LogP contribution in [0, 0.1) is 6.92 Å². The zero-order chi connectivity index (χ0) is 13.9. The Kier molecular flexibility index (Phi) is 4.24. The second-order valence-electron chi connectivity index (χ2n) is 4.79. The maximum absolute atomic E-state index is 11.4. The fourth-order valence-corrected chi connectivity index (χ4v) is 3.65. The maximum Gasteiger partial charge on any atom is 0.150 e. The number of nitrogens with one attached hydrogen (secondary N) is 2. The summed E-state index contributed by atoms with van der Waals surface area (Å²) >= 11 is 0. The number of anilines is 2. The van der Waals surface area contributed by atoms with E-state index in [2.05, 4.69) is 20.6 Å². The van der Waals surface area contributed by atoms with Gasteiger partial charge in [-0.15, -0.1) is 0 Å². The van der Waals surface area contributed by atoms with Gasteiger partial charge in [-0.05, 0) is 26.7 Å². The first-order chi connectivity index (χ1) is 8.98. The van der Waals surface area contributed by atoms with E-state index in [0.717, 1.165) is 18.2 Å². The van der Waals surface area contributed by atoms with Crippen molar-refractivity contribution in [3.8, 4) is 0 Å². The van der Waals surface area contributed by atoms with E-state index in [1.54, 1.807) is 0 Å². The Balaban J connectivity index is 2.03. The van der Waals surface area contributed by atoms with E-state index in [0.29, 0.717) is 18.7 Å². The highest BCUT2D eigenvalue weighted by molar-refractivity contribution is 7.91. The van der Waals surface area contributed by atoms with Crippen LogP contribution >= 0.6 is 0 Å². The summed E-state index contributed by atoms with van der Waals surface area (Å²) in [5.74, 6) is 2.77. The molecule has 0 amide bonds. The minimum atomic E-state index is -2.82. The van der Waals surface area contributed by atoms with Crippen molar-refractivity contribution in [2.75, 3.05) is 28.7 Å². The molecule has 2 heterocycles. The highest BCUT2D eigenvalue weighted by Crippen LogP contribution is 2.18. The molecule has 0 saturated carbocycles. The molecule has 0 bridgehead atoms. The largest absolute Gasteiger partial charge is 0.370 e. The summed E-state index contributed by atoms with van der Waals surface area (Å²) in [4.78, 5) is 8.62. The first-order valence-electron chi connectivity index (χ1n) is 6.55. The van der Waals surface area contributed by atoms with Gasteiger partial charge in [-0.1, -0.05) is 0 Å². The van der Waals surface area contributed by atoms with Gasteiger partial charge < -0.3 is 10.6 Å². The van der Waals surface area contributed by atoms with Crippen molar-refractivity contribution in [1.82, 2.24) is 9.97 Å². The van der Waals surface area contributed by atoms with E-state index in [1.807, 2.05) is 19.9 Å². The van der Waals surface area contributed by atoms with E-state index < -0.39 is 9.84 Å². The minimum Gasteiger partial charge on any atom is -0.370 e. The van der Waals surface area contributed by atoms with Crippen LogP contribution in [-0.4, -0.2) is 42.5 Å². The predicted molar refractivity (Wildman–Crippen MR) is 76.2 cm³/mol. The van der Waals surface area contributed by atoms with Crippen molar-refractivity contribution in [2.24, 2.45) is 0 Å². The summed E-state index contributed by atoms with van der Waals surface area (Å²) in [7, 11) is -2.82. The Morgan fingerprint density at radius 2 is 1.89 bits per heavy atom. The lowest BCUT2D eigenvalue weighted by atomic mass is 10.1. The zero-order valence-corrected chi connectivity index (χ0v) is 12.1. The number of hydrogen-bond donors (Lipinski definition) is 2. The Labute approximate surface area is 114 Å². The Bertz CT molecular complexity index is 531. The van der Waals surface area contributed by atoms with Crippen LogP contribution in [0.4, 0.5) is 11.6 Å². The average Bonchev–Trinajstić information content (AvgIpc) is 2.32. The number of aryl methyl sites for hydroxylation is 1. The first kappa shape index (κ1) is 14.0. The molecule has 106 valence electrons. The molecular formula is C12H20N4O2S. The molecule has 0 unspecified atom stereocenters. The molecule has 0 spiro atoms. The van der Waals surface area contributed by atoms with E-state index in [-0.39, 0.29) is 17.5 Å². The van der Waals surface area contributed by atoms with Crippen LogP contribution in [0.1, 0.15) is 25.6 Å². The zero-order valence-electron chi connectivity index (χ0n) is 11.3. The minimum absolute atomic E-state index is 0.173. The molecule has 2 rings (SSSR count). The van der Waals surface area contributed by atoms with Gasteiger partial charge in [-0.2, -0.15) is 0 Å². The van der Waals surface area contributed by atoms with Crippen molar-refractivity contribution in [2.45, 2.75) is 32.7 Å². The highest BCUT2D eigenvalue weighted by atomic mass is 32.2. The van der Waals surface area contributed by atoms with Crippen LogP contribution in [0.2, 0.25) is 0 Å². The number of nitrogens with zero attached hydrogens (tertiary/aromatic N) is 2.